The standard InChI is InChI=1S/C15H29N3O2/c1-3-5-12-10-14(12)18-15(16-2)17-7-4-8-20-13-6-9-19-11-13/h12-14H,3-11H2,1-2H3,(H2,16,17,18). The summed E-state index contributed by atoms with van der Waals surface area (Å²) in [7, 11) is 1.83. The summed E-state index contributed by atoms with van der Waals surface area (Å²) in [6.07, 6.45) is 6.24. The molecule has 2 fully saturated rings. The van der Waals surface area contributed by atoms with Gasteiger partial charge in [-0.25, -0.2) is 0 Å². The molecular weight excluding hydrogens is 254 g/mol. The number of nitrogens with zero attached hydrogens (tertiary/aromatic N) is 1. The maximum Gasteiger partial charge on any atom is 0.191 e. The number of hydrogen-bond acceptors (Lipinski definition) is 3. The molecule has 3 atom stereocenters. The van der Waals surface area contributed by atoms with Crippen LogP contribution in [0.1, 0.15) is 39.0 Å². The SMILES string of the molecule is CCCC1CC1NC(=NC)NCCCOC1CCOC1. The zero-order valence-corrected chi connectivity index (χ0v) is 12.9. The Kier molecular flexibility index (Phi) is 6.60. The maximum absolute atomic E-state index is 5.74. The van der Waals surface area contributed by atoms with Crippen molar-refractivity contribution in [1.29, 1.82) is 0 Å². The minimum absolute atomic E-state index is 0.314. The highest BCUT2D eigenvalue weighted by molar-refractivity contribution is 5.80. The molecule has 116 valence electrons. The van der Waals surface area contributed by atoms with Gasteiger partial charge in [0.25, 0.3) is 0 Å². The van der Waals surface area contributed by atoms with Gasteiger partial charge in [-0.05, 0) is 31.6 Å². The van der Waals surface area contributed by atoms with E-state index in [4.69, 9.17) is 9.47 Å². The first kappa shape index (κ1) is 15.6. The van der Waals surface area contributed by atoms with Crippen molar-refractivity contribution in [2.24, 2.45) is 10.9 Å². The van der Waals surface area contributed by atoms with Crippen molar-refractivity contribution in [2.75, 3.05) is 33.4 Å². The van der Waals surface area contributed by atoms with E-state index in [0.717, 1.165) is 51.1 Å². The van der Waals surface area contributed by atoms with E-state index >= 15 is 0 Å². The van der Waals surface area contributed by atoms with Gasteiger partial charge in [0, 0.05) is 32.8 Å². The smallest absolute Gasteiger partial charge is 0.191 e. The van der Waals surface area contributed by atoms with Crippen LogP contribution in [-0.2, 0) is 9.47 Å². The van der Waals surface area contributed by atoms with Gasteiger partial charge in [-0.3, -0.25) is 4.99 Å². The lowest BCUT2D eigenvalue weighted by Gasteiger charge is -2.13. The summed E-state index contributed by atoms with van der Waals surface area (Å²) >= 11 is 0. The fourth-order valence-electron chi connectivity index (χ4n) is 2.66. The molecule has 20 heavy (non-hydrogen) atoms. The van der Waals surface area contributed by atoms with E-state index in [2.05, 4.69) is 22.5 Å². The molecule has 0 aromatic rings. The molecule has 1 saturated carbocycles. The lowest BCUT2D eigenvalue weighted by atomic mass is 10.2. The Labute approximate surface area is 122 Å². The third-order valence-electron chi connectivity index (χ3n) is 3.98. The predicted molar refractivity (Wildman–Crippen MR) is 81.1 cm³/mol. The molecule has 5 nitrogen and oxygen atoms in total. The Bertz CT molecular complexity index is 303. The second-order valence-corrected chi connectivity index (χ2v) is 5.74. The first-order valence-corrected chi connectivity index (χ1v) is 8.00. The first-order valence-electron chi connectivity index (χ1n) is 8.00. The summed E-state index contributed by atoms with van der Waals surface area (Å²) in [5.41, 5.74) is 0. The van der Waals surface area contributed by atoms with Crippen molar-refractivity contribution >= 4 is 5.96 Å². The largest absolute Gasteiger partial charge is 0.379 e. The van der Waals surface area contributed by atoms with Crippen LogP contribution in [0.15, 0.2) is 4.99 Å². The van der Waals surface area contributed by atoms with Gasteiger partial charge in [-0.15, -0.1) is 0 Å². The molecule has 1 aliphatic carbocycles. The van der Waals surface area contributed by atoms with Crippen molar-refractivity contribution in [2.45, 2.75) is 51.2 Å². The third-order valence-corrected chi connectivity index (χ3v) is 3.98. The van der Waals surface area contributed by atoms with Crippen molar-refractivity contribution in [3.05, 3.63) is 0 Å². The van der Waals surface area contributed by atoms with Crippen LogP contribution in [0.3, 0.4) is 0 Å². The van der Waals surface area contributed by atoms with Crippen LogP contribution in [0.4, 0.5) is 0 Å². The van der Waals surface area contributed by atoms with E-state index in [1.165, 1.54) is 19.3 Å². The van der Waals surface area contributed by atoms with Gasteiger partial charge in [0.15, 0.2) is 5.96 Å². The minimum atomic E-state index is 0.314. The molecule has 5 heteroatoms. The van der Waals surface area contributed by atoms with Crippen LogP contribution in [0, 0.1) is 5.92 Å². The summed E-state index contributed by atoms with van der Waals surface area (Å²) in [6, 6.07) is 0.632. The second kappa shape index (κ2) is 8.47. The highest BCUT2D eigenvalue weighted by Gasteiger charge is 2.36. The molecule has 1 saturated heterocycles. The van der Waals surface area contributed by atoms with E-state index in [9.17, 15) is 0 Å². The highest BCUT2D eigenvalue weighted by Crippen LogP contribution is 2.34. The topological polar surface area (TPSA) is 54.9 Å². The van der Waals surface area contributed by atoms with Crippen LogP contribution < -0.4 is 10.6 Å². The van der Waals surface area contributed by atoms with Gasteiger partial charge in [0.1, 0.15) is 0 Å². The Hall–Kier alpha value is -0.810. The van der Waals surface area contributed by atoms with E-state index < -0.39 is 0 Å². The van der Waals surface area contributed by atoms with E-state index in [1.807, 2.05) is 7.05 Å². The molecule has 0 aromatic heterocycles. The number of guanidine groups is 1. The summed E-state index contributed by atoms with van der Waals surface area (Å²) in [6.45, 7) is 5.55. The van der Waals surface area contributed by atoms with Crippen molar-refractivity contribution in [1.82, 2.24) is 10.6 Å². The average molecular weight is 283 g/mol. The monoisotopic (exact) mass is 283 g/mol. The van der Waals surface area contributed by atoms with E-state index in [0.29, 0.717) is 12.1 Å². The summed E-state index contributed by atoms with van der Waals surface area (Å²) in [4.78, 5) is 4.27. The molecule has 0 radical (unpaired) electrons. The van der Waals surface area contributed by atoms with Crippen LogP contribution in [-0.4, -0.2) is 51.5 Å². The predicted octanol–water partition coefficient (Wildman–Crippen LogP) is 1.54. The van der Waals surface area contributed by atoms with Gasteiger partial charge < -0.3 is 20.1 Å². The zero-order chi connectivity index (χ0) is 14.2. The van der Waals surface area contributed by atoms with Gasteiger partial charge in [-0.2, -0.15) is 0 Å². The molecule has 0 bridgehead atoms. The summed E-state index contributed by atoms with van der Waals surface area (Å²) < 4.78 is 11.0. The van der Waals surface area contributed by atoms with E-state index in [-0.39, 0.29) is 0 Å². The third kappa shape index (κ3) is 5.29. The Morgan fingerprint density at radius 1 is 1.45 bits per heavy atom. The van der Waals surface area contributed by atoms with Crippen LogP contribution in [0.25, 0.3) is 0 Å². The number of ether oxygens (including phenoxy) is 2. The van der Waals surface area contributed by atoms with Crippen LogP contribution in [0.2, 0.25) is 0 Å². The normalized spacial score (nSPS) is 29.5. The Morgan fingerprint density at radius 2 is 2.35 bits per heavy atom. The molecule has 1 heterocycles. The number of hydrogen-bond donors (Lipinski definition) is 2. The van der Waals surface area contributed by atoms with Crippen molar-refractivity contribution in [3.8, 4) is 0 Å². The average Bonchev–Trinajstić information content (AvgIpc) is 2.97. The highest BCUT2D eigenvalue weighted by atomic mass is 16.5. The van der Waals surface area contributed by atoms with Crippen LogP contribution in [0.5, 0.6) is 0 Å². The molecule has 0 amide bonds. The fraction of sp³-hybridized carbons (Fsp3) is 0.933. The molecule has 2 N–H and O–H groups in total. The molecule has 0 spiro atoms. The molecule has 2 aliphatic rings. The maximum atomic E-state index is 5.74. The lowest BCUT2D eigenvalue weighted by molar-refractivity contribution is 0.0420. The quantitative estimate of drug-likeness (QED) is 0.403. The van der Waals surface area contributed by atoms with Gasteiger partial charge in [0.2, 0.25) is 0 Å². The molecule has 1 aliphatic heterocycles. The molecule has 3 unspecified atom stereocenters. The van der Waals surface area contributed by atoms with Gasteiger partial charge in [-0.1, -0.05) is 13.3 Å². The zero-order valence-electron chi connectivity index (χ0n) is 12.9. The van der Waals surface area contributed by atoms with Gasteiger partial charge >= 0.3 is 0 Å². The van der Waals surface area contributed by atoms with Crippen molar-refractivity contribution in [3.63, 3.8) is 0 Å². The van der Waals surface area contributed by atoms with Gasteiger partial charge in [0.05, 0.1) is 12.7 Å². The minimum Gasteiger partial charge on any atom is -0.379 e. The second-order valence-electron chi connectivity index (χ2n) is 5.74. The number of aliphatic imine (C=N–C) groups is 1. The Morgan fingerprint density at radius 3 is 3.05 bits per heavy atom. The molecule has 2 rings (SSSR count). The van der Waals surface area contributed by atoms with Crippen LogP contribution >= 0.6 is 0 Å². The number of nitrogens with one attached hydrogen (secondary N) is 2. The Balaban J connectivity index is 1.49. The van der Waals surface area contributed by atoms with Crippen molar-refractivity contribution < 1.29 is 9.47 Å². The molecular formula is C15H29N3O2. The van der Waals surface area contributed by atoms with E-state index in [1.54, 1.807) is 0 Å². The first-order chi connectivity index (χ1) is 9.83. The number of rotatable bonds is 8. The lowest BCUT2D eigenvalue weighted by Crippen LogP contribution is -2.39. The molecule has 0 aromatic carbocycles. The fourth-order valence-corrected chi connectivity index (χ4v) is 2.66. The summed E-state index contributed by atoms with van der Waals surface area (Å²) in [5.74, 6) is 1.78. The summed E-state index contributed by atoms with van der Waals surface area (Å²) in [5, 5.41) is 6.84.